The van der Waals surface area contributed by atoms with Gasteiger partial charge in [-0.25, -0.2) is 4.98 Å². The summed E-state index contributed by atoms with van der Waals surface area (Å²) >= 11 is 0. The van der Waals surface area contributed by atoms with Crippen LogP contribution in [0.2, 0.25) is 0 Å². The molecule has 0 saturated heterocycles. The van der Waals surface area contributed by atoms with Crippen LogP contribution >= 0.6 is 0 Å². The van der Waals surface area contributed by atoms with E-state index in [0.29, 0.717) is 24.2 Å². The molecular weight excluding hydrogens is 378 g/mol. The molecule has 1 saturated carbocycles. The molecule has 5 rings (SSSR count). The van der Waals surface area contributed by atoms with Gasteiger partial charge in [0.15, 0.2) is 0 Å². The Bertz CT molecular complexity index is 1160. The van der Waals surface area contributed by atoms with Crippen LogP contribution in [0.4, 0.5) is 0 Å². The minimum absolute atomic E-state index is 0.0835. The maximum Gasteiger partial charge on any atom is 0.246 e. The van der Waals surface area contributed by atoms with Gasteiger partial charge in [0, 0.05) is 11.6 Å². The molecule has 1 aliphatic carbocycles. The van der Waals surface area contributed by atoms with Gasteiger partial charge in [-0.3, -0.25) is 4.79 Å². The van der Waals surface area contributed by atoms with Crippen LogP contribution in [-0.4, -0.2) is 25.6 Å². The molecule has 1 aliphatic rings. The van der Waals surface area contributed by atoms with Crippen LogP contribution in [0.15, 0.2) is 59.4 Å². The number of nitrogens with zero attached hydrogens (tertiary/aromatic N) is 4. The van der Waals surface area contributed by atoms with Crippen LogP contribution in [-0.2, 0) is 17.8 Å². The average molecular weight is 401 g/mol. The van der Waals surface area contributed by atoms with Gasteiger partial charge in [-0.05, 0) is 36.6 Å². The van der Waals surface area contributed by atoms with Crippen LogP contribution in [0.5, 0.6) is 0 Å². The van der Waals surface area contributed by atoms with Crippen LogP contribution in [0, 0.1) is 0 Å². The molecule has 2 aromatic heterocycles. The molecule has 7 nitrogen and oxygen atoms in total. The quantitative estimate of drug-likeness (QED) is 0.527. The molecule has 4 aromatic rings. The predicted octanol–water partition coefficient (Wildman–Crippen LogP) is 4.06. The summed E-state index contributed by atoms with van der Waals surface area (Å²) in [5.41, 5.74) is 3.89. The second-order valence-corrected chi connectivity index (χ2v) is 7.74. The van der Waals surface area contributed by atoms with Gasteiger partial charge in [0.05, 0.1) is 30.3 Å². The van der Waals surface area contributed by atoms with E-state index in [2.05, 4.69) is 31.1 Å². The van der Waals surface area contributed by atoms with E-state index in [1.165, 1.54) is 25.7 Å². The third-order valence-corrected chi connectivity index (χ3v) is 5.66. The fourth-order valence-electron chi connectivity index (χ4n) is 4.11. The van der Waals surface area contributed by atoms with Crippen molar-refractivity contribution < 1.29 is 9.32 Å². The van der Waals surface area contributed by atoms with Crippen molar-refractivity contribution in [2.24, 2.45) is 0 Å². The van der Waals surface area contributed by atoms with Gasteiger partial charge in [-0.2, -0.15) is 4.98 Å². The molecule has 1 N–H and O–H groups in total. The molecule has 7 heteroatoms. The van der Waals surface area contributed by atoms with Crippen LogP contribution < -0.4 is 5.32 Å². The van der Waals surface area contributed by atoms with E-state index in [1.807, 2.05) is 48.8 Å². The van der Waals surface area contributed by atoms with E-state index < -0.39 is 0 Å². The Hall–Kier alpha value is -3.48. The Morgan fingerprint density at radius 2 is 1.97 bits per heavy atom. The Balaban J connectivity index is 1.25. The summed E-state index contributed by atoms with van der Waals surface area (Å²) in [4.78, 5) is 21.1. The number of hydrogen-bond acceptors (Lipinski definition) is 5. The zero-order chi connectivity index (χ0) is 20.3. The number of rotatable bonds is 6. The fourth-order valence-corrected chi connectivity index (χ4v) is 4.11. The summed E-state index contributed by atoms with van der Waals surface area (Å²) in [5.74, 6) is 0.794. The van der Waals surface area contributed by atoms with Crippen molar-refractivity contribution in [1.29, 1.82) is 0 Å². The van der Waals surface area contributed by atoms with Crippen molar-refractivity contribution in [3.05, 3.63) is 66.3 Å². The van der Waals surface area contributed by atoms with Gasteiger partial charge >= 0.3 is 0 Å². The van der Waals surface area contributed by atoms with Gasteiger partial charge in [0.25, 0.3) is 0 Å². The highest BCUT2D eigenvalue weighted by Crippen LogP contribution is 2.32. The van der Waals surface area contributed by atoms with Crippen molar-refractivity contribution in [1.82, 2.24) is 25.0 Å². The van der Waals surface area contributed by atoms with Gasteiger partial charge < -0.3 is 14.4 Å². The van der Waals surface area contributed by atoms with Gasteiger partial charge in [-0.15, -0.1) is 0 Å². The van der Waals surface area contributed by atoms with Gasteiger partial charge in [0.1, 0.15) is 0 Å². The van der Waals surface area contributed by atoms with Crippen LogP contribution in [0.1, 0.15) is 43.2 Å². The second kappa shape index (κ2) is 8.10. The standard InChI is InChI=1S/C23H23N5O2/c29-21(12-16-6-2-1-3-7-16)24-14-22-26-23(27-30-22)17-10-11-20-19(13-17)25-15-28(20)18-8-4-5-9-18/h1-3,6-7,10-11,13,15,18H,4-5,8-9,12,14H2,(H,24,29). The Labute approximate surface area is 174 Å². The van der Waals surface area contributed by atoms with E-state index in [1.54, 1.807) is 0 Å². The van der Waals surface area contributed by atoms with Crippen molar-refractivity contribution >= 4 is 16.9 Å². The number of imidazole rings is 1. The molecule has 0 aliphatic heterocycles. The number of nitrogens with one attached hydrogen (secondary N) is 1. The Morgan fingerprint density at radius 3 is 2.80 bits per heavy atom. The first-order valence-corrected chi connectivity index (χ1v) is 10.4. The summed E-state index contributed by atoms with van der Waals surface area (Å²) < 4.78 is 7.60. The minimum Gasteiger partial charge on any atom is -0.347 e. The molecule has 2 heterocycles. The molecule has 0 radical (unpaired) electrons. The lowest BCUT2D eigenvalue weighted by atomic mass is 10.1. The van der Waals surface area contributed by atoms with E-state index in [4.69, 9.17) is 4.52 Å². The summed E-state index contributed by atoms with van der Waals surface area (Å²) in [6.07, 6.45) is 7.28. The SMILES string of the molecule is O=C(Cc1ccccc1)NCc1nc(-c2ccc3c(c2)ncn3C2CCCC2)no1. The highest BCUT2D eigenvalue weighted by Gasteiger charge is 2.19. The molecule has 0 atom stereocenters. The summed E-state index contributed by atoms with van der Waals surface area (Å²) in [6, 6.07) is 16.2. The van der Waals surface area contributed by atoms with Crippen LogP contribution in [0.3, 0.4) is 0 Å². The lowest BCUT2D eigenvalue weighted by molar-refractivity contribution is -0.120. The number of carbonyl (C=O) groups is 1. The summed E-state index contributed by atoms with van der Waals surface area (Å²) in [7, 11) is 0. The Morgan fingerprint density at radius 1 is 1.13 bits per heavy atom. The van der Waals surface area contributed by atoms with Crippen molar-refractivity contribution in [3.8, 4) is 11.4 Å². The molecule has 1 fully saturated rings. The second-order valence-electron chi connectivity index (χ2n) is 7.74. The molecule has 2 aromatic carbocycles. The third-order valence-electron chi connectivity index (χ3n) is 5.66. The lowest BCUT2D eigenvalue weighted by Gasteiger charge is -2.11. The molecule has 0 spiro atoms. The molecule has 1 amide bonds. The zero-order valence-corrected chi connectivity index (χ0v) is 16.6. The summed E-state index contributed by atoms with van der Waals surface area (Å²) in [6.45, 7) is 0.206. The molecule has 30 heavy (non-hydrogen) atoms. The third kappa shape index (κ3) is 3.83. The molecular formula is C23H23N5O2. The maximum absolute atomic E-state index is 12.1. The number of aromatic nitrogens is 4. The molecule has 152 valence electrons. The minimum atomic E-state index is -0.0835. The van der Waals surface area contributed by atoms with Crippen LogP contribution in [0.25, 0.3) is 22.4 Å². The first-order valence-electron chi connectivity index (χ1n) is 10.4. The van der Waals surface area contributed by atoms with Crippen molar-refractivity contribution in [2.45, 2.75) is 44.7 Å². The number of hydrogen-bond donors (Lipinski definition) is 1. The normalized spacial score (nSPS) is 14.4. The Kier molecular flexibility index (Phi) is 5.01. The van der Waals surface area contributed by atoms with E-state index in [9.17, 15) is 4.79 Å². The highest BCUT2D eigenvalue weighted by molar-refractivity contribution is 5.81. The largest absolute Gasteiger partial charge is 0.347 e. The number of benzene rings is 2. The predicted molar refractivity (Wildman–Crippen MR) is 113 cm³/mol. The number of fused-ring (bicyclic) bond motifs is 1. The zero-order valence-electron chi connectivity index (χ0n) is 16.6. The number of amides is 1. The molecule has 0 bridgehead atoms. The first-order chi connectivity index (χ1) is 14.8. The van der Waals surface area contributed by atoms with Gasteiger partial charge in [-0.1, -0.05) is 48.3 Å². The highest BCUT2D eigenvalue weighted by atomic mass is 16.5. The average Bonchev–Trinajstić information content (AvgIpc) is 3.52. The maximum atomic E-state index is 12.1. The first kappa shape index (κ1) is 18.5. The number of carbonyl (C=O) groups excluding carboxylic acids is 1. The molecule has 0 unspecified atom stereocenters. The smallest absolute Gasteiger partial charge is 0.246 e. The van der Waals surface area contributed by atoms with Gasteiger partial charge in [0.2, 0.25) is 17.6 Å². The monoisotopic (exact) mass is 401 g/mol. The fraction of sp³-hybridized carbons (Fsp3) is 0.304. The lowest BCUT2D eigenvalue weighted by Crippen LogP contribution is -2.24. The topological polar surface area (TPSA) is 85.8 Å². The summed E-state index contributed by atoms with van der Waals surface area (Å²) in [5, 5.41) is 6.89. The van der Waals surface area contributed by atoms with Crippen molar-refractivity contribution in [2.75, 3.05) is 0 Å². The van der Waals surface area contributed by atoms with E-state index in [-0.39, 0.29) is 12.5 Å². The van der Waals surface area contributed by atoms with Crippen molar-refractivity contribution in [3.63, 3.8) is 0 Å². The van der Waals surface area contributed by atoms with E-state index >= 15 is 0 Å². The van der Waals surface area contributed by atoms with E-state index in [0.717, 1.165) is 22.2 Å².